The Balaban J connectivity index is 1.67. The van der Waals surface area contributed by atoms with Gasteiger partial charge in [-0.1, -0.05) is 36.4 Å². The van der Waals surface area contributed by atoms with Crippen LogP contribution in [0.1, 0.15) is 26.3 Å². The van der Waals surface area contributed by atoms with E-state index in [9.17, 15) is 13.2 Å². The second-order valence-corrected chi connectivity index (χ2v) is 11.5. The van der Waals surface area contributed by atoms with Crippen LogP contribution in [0.4, 0.5) is 11.5 Å². The summed E-state index contributed by atoms with van der Waals surface area (Å²) in [5.74, 6) is 0.909. The van der Waals surface area contributed by atoms with Gasteiger partial charge in [0.05, 0.1) is 4.90 Å². The maximum absolute atomic E-state index is 13.1. The lowest BCUT2D eigenvalue weighted by molar-refractivity contribution is -0.122. The van der Waals surface area contributed by atoms with Crippen molar-refractivity contribution in [3.8, 4) is 17.0 Å². The topological polar surface area (TPSA) is 122 Å². The van der Waals surface area contributed by atoms with Gasteiger partial charge in [0.1, 0.15) is 11.4 Å². The molecule has 1 heterocycles. The second-order valence-electron chi connectivity index (χ2n) is 9.89. The number of carbonyl (C=O) groups excluding carboxylic acids is 1. The van der Waals surface area contributed by atoms with Gasteiger partial charge in [-0.25, -0.2) is 13.1 Å². The number of nitrogens with one attached hydrogen (secondary N) is 3. The molecule has 0 aliphatic carbocycles. The van der Waals surface area contributed by atoms with Crippen molar-refractivity contribution in [2.24, 2.45) is 0 Å². The monoisotopic (exact) mass is 533 g/mol. The van der Waals surface area contributed by atoms with E-state index in [0.717, 1.165) is 16.5 Å². The summed E-state index contributed by atoms with van der Waals surface area (Å²) in [6.45, 7) is 7.13. The number of amides is 1. The smallest absolute Gasteiger partial charge is 0.257 e. The minimum absolute atomic E-state index is 0.0604. The molecule has 3 aromatic carbocycles. The van der Waals surface area contributed by atoms with Gasteiger partial charge < -0.3 is 15.4 Å². The first kappa shape index (κ1) is 27.0. The number of sulfonamides is 1. The lowest BCUT2D eigenvalue weighted by Crippen LogP contribution is -2.40. The van der Waals surface area contributed by atoms with Crippen LogP contribution in [0.3, 0.4) is 0 Å². The van der Waals surface area contributed by atoms with Gasteiger partial charge >= 0.3 is 0 Å². The molecule has 1 aromatic heterocycles. The first-order valence-corrected chi connectivity index (χ1v) is 13.6. The van der Waals surface area contributed by atoms with Gasteiger partial charge in [0.25, 0.3) is 5.91 Å². The van der Waals surface area contributed by atoms with Crippen molar-refractivity contribution in [1.82, 2.24) is 20.2 Å². The molecule has 9 nitrogen and oxygen atoms in total. The fourth-order valence-electron chi connectivity index (χ4n) is 3.90. The highest BCUT2D eigenvalue weighted by atomic mass is 32.2. The van der Waals surface area contributed by atoms with E-state index in [-0.39, 0.29) is 17.4 Å². The molecule has 0 radical (unpaired) electrons. The van der Waals surface area contributed by atoms with Crippen LogP contribution in [-0.4, -0.2) is 43.7 Å². The standard InChI is InChI=1S/C28H31N5O4S/c1-18-10-11-19(16-24(18)38(35,36)33-28(2,3)4)26-22-8-6-7-9-23(22)27(32-31-26)30-20-12-14-21(15-13-20)37-17-25(34)29-5/h6-16,33H,17H2,1-5H3,(H,29,34)(H,30,32). The highest BCUT2D eigenvalue weighted by molar-refractivity contribution is 7.89. The SMILES string of the molecule is CNC(=O)COc1ccc(Nc2nnc(-c3ccc(C)c(S(=O)(=O)NC(C)(C)C)c3)c3ccccc23)cc1. The average molecular weight is 534 g/mol. The van der Waals surface area contributed by atoms with Crippen molar-refractivity contribution < 1.29 is 17.9 Å². The van der Waals surface area contributed by atoms with Gasteiger partial charge in [0.15, 0.2) is 12.4 Å². The number of fused-ring (bicyclic) bond motifs is 1. The Bertz CT molecular complexity index is 1580. The van der Waals surface area contributed by atoms with E-state index in [1.54, 1.807) is 59.0 Å². The number of aromatic nitrogens is 2. The van der Waals surface area contributed by atoms with Gasteiger partial charge in [0, 0.05) is 34.6 Å². The largest absolute Gasteiger partial charge is 0.484 e. The number of likely N-dealkylation sites (N-methyl/N-ethyl adjacent to an activating group) is 1. The molecule has 0 aliphatic rings. The summed E-state index contributed by atoms with van der Waals surface area (Å²) >= 11 is 0. The van der Waals surface area contributed by atoms with Crippen LogP contribution in [-0.2, 0) is 14.8 Å². The molecular formula is C28H31N5O4S. The second kappa shape index (κ2) is 10.8. The lowest BCUT2D eigenvalue weighted by Gasteiger charge is -2.21. The fraction of sp³-hybridized carbons (Fsp3) is 0.250. The molecule has 0 saturated heterocycles. The van der Waals surface area contributed by atoms with Crippen molar-refractivity contribution in [3.05, 3.63) is 72.3 Å². The summed E-state index contributed by atoms with van der Waals surface area (Å²) in [4.78, 5) is 11.6. The zero-order valence-corrected chi connectivity index (χ0v) is 22.8. The summed E-state index contributed by atoms with van der Waals surface area (Å²) in [5.41, 5.74) is 2.02. The number of nitrogens with zero attached hydrogens (tertiary/aromatic N) is 2. The average Bonchev–Trinajstić information content (AvgIpc) is 2.87. The maximum atomic E-state index is 13.1. The molecule has 0 aliphatic heterocycles. The van der Waals surface area contributed by atoms with E-state index in [1.807, 2.05) is 42.5 Å². The van der Waals surface area contributed by atoms with Crippen molar-refractivity contribution in [2.75, 3.05) is 19.0 Å². The molecule has 0 spiro atoms. The fourth-order valence-corrected chi connectivity index (χ4v) is 5.59. The predicted molar refractivity (Wildman–Crippen MR) is 149 cm³/mol. The lowest BCUT2D eigenvalue weighted by atomic mass is 10.0. The number of ether oxygens (including phenoxy) is 1. The Morgan fingerprint density at radius 1 is 0.947 bits per heavy atom. The van der Waals surface area contributed by atoms with Gasteiger partial charge in [-0.3, -0.25) is 4.79 Å². The first-order valence-electron chi connectivity index (χ1n) is 12.1. The zero-order chi connectivity index (χ0) is 27.5. The Labute approximate surface area is 222 Å². The first-order chi connectivity index (χ1) is 18.0. The molecule has 38 heavy (non-hydrogen) atoms. The van der Waals surface area contributed by atoms with E-state index < -0.39 is 15.6 Å². The van der Waals surface area contributed by atoms with E-state index in [1.165, 1.54) is 0 Å². The van der Waals surface area contributed by atoms with Crippen molar-refractivity contribution in [3.63, 3.8) is 0 Å². The van der Waals surface area contributed by atoms with Crippen LogP contribution in [0, 0.1) is 6.92 Å². The van der Waals surface area contributed by atoms with E-state index in [2.05, 4.69) is 25.6 Å². The maximum Gasteiger partial charge on any atom is 0.257 e. The molecule has 0 atom stereocenters. The number of rotatable bonds is 8. The van der Waals surface area contributed by atoms with Crippen molar-refractivity contribution >= 4 is 38.2 Å². The summed E-state index contributed by atoms with van der Waals surface area (Å²) in [7, 11) is -2.18. The van der Waals surface area contributed by atoms with E-state index >= 15 is 0 Å². The summed E-state index contributed by atoms with van der Waals surface area (Å²) in [5, 5.41) is 16.4. The molecule has 10 heteroatoms. The molecule has 0 unspecified atom stereocenters. The van der Waals surface area contributed by atoms with E-state index in [4.69, 9.17) is 4.74 Å². The zero-order valence-electron chi connectivity index (χ0n) is 22.0. The number of hydrogen-bond donors (Lipinski definition) is 3. The minimum atomic E-state index is -3.74. The summed E-state index contributed by atoms with van der Waals surface area (Å²) in [6, 6.07) is 20.1. The van der Waals surface area contributed by atoms with Gasteiger partial charge in [-0.2, -0.15) is 0 Å². The third-order valence-electron chi connectivity index (χ3n) is 5.64. The molecule has 3 N–H and O–H groups in total. The van der Waals surface area contributed by atoms with Gasteiger partial charge in [0.2, 0.25) is 10.0 Å². The van der Waals surface area contributed by atoms with Crippen molar-refractivity contribution in [2.45, 2.75) is 38.1 Å². The van der Waals surface area contributed by atoms with Crippen LogP contribution < -0.4 is 20.1 Å². The summed E-state index contributed by atoms with van der Waals surface area (Å²) in [6.07, 6.45) is 0. The van der Waals surface area contributed by atoms with Crippen LogP contribution in [0.15, 0.2) is 71.6 Å². The predicted octanol–water partition coefficient (Wildman–Crippen LogP) is 4.55. The molecule has 0 saturated carbocycles. The highest BCUT2D eigenvalue weighted by Crippen LogP contribution is 2.33. The molecular weight excluding hydrogens is 502 g/mol. The summed E-state index contributed by atoms with van der Waals surface area (Å²) < 4.78 is 34.4. The number of benzene rings is 3. The van der Waals surface area contributed by atoms with E-state index in [0.29, 0.717) is 28.4 Å². The molecule has 0 fully saturated rings. The Hall–Kier alpha value is -4.02. The Morgan fingerprint density at radius 3 is 2.29 bits per heavy atom. The third-order valence-corrected chi connectivity index (χ3v) is 7.54. The highest BCUT2D eigenvalue weighted by Gasteiger charge is 2.24. The Morgan fingerprint density at radius 2 is 1.63 bits per heavy atom. The molecule has 1 amide bonds. The normalized spacial score (nSPS) is 11.8. The Kier molecular flexibility index (Phi) is 7.66. The number of carbonyl (C=O) groups is 1. The molecule has 4 rings (SSSR count). The molecule has 198 valence electrons. The van der Waals surface area contributed by atoms with Gasteiger partial charge in [-0.15, -0.1) is 10.2 Å². The number of anilines is 2. The molecule has 4 aromatic rings. The van der Waals surface area contributed by atoms with Crippen LogP contribution in [0.2, 0.25) is 0 Å². The quantitative estimate of drug-likeness (QED) is 0.304. The van der Waals surface area contributed by atoms with Crippen LogP contribution in [0.25, 0.3) is 22.0 Å². The molecule has 0 bridgehead atoms. The van der Waals surface area contributed by atoms with Crippen molar-refractivity contribution in [1.29, 1.82) is 0 Å². The van der Waals surface area contributed by atoms with Crippen LogP contribution >= 0.6 is 0 Å². The minimum Gasteiger partial charge on any atom is -0.484 e. The number of aryl methyl sites for hydroxylation is 1. The van der Waals surface area contributed by atoms with Gasteiger partial charge in [-0.05, 0) is 63.6 Å². The third kappa shape index (κ3) is 6.27. The van der Waals surface area contributed by atoms with Crippen LogP contribution in [0.5, 0.6) is 5.75 Å². The number of hydrogen-bond acceptors (Lipinski definition) is 7.